The highest BCUT2D eigenvalue weighted by molar-refractivity contribution is 8.02. The smallest absolute Gasteiger partial charge is 0.247 e. The lowest BCUT2D eigenvalue weighted by molar-refractivity contribution is -0.147. The number of hydrogen-bond acceptors (Lipinski definition) is 7. The molecule has 3 unspecified atom stereocenters. The Kier molecular flexibility index (Phi) is 11.2. The van der Waals surface area contributed by atoms with Gasteiger partial charge in [-0.15, -0.1) is 24.9 Å². The number of aliphatic hydroxyl groups is 1. The Balaban J connectivity index is 1.74. The number of amides is 3. The number of aliphatic hydroxyl groups excluding tert-OH is 1. The Morgan fingerprint density at radius 3 is 2.36 bits per heavy atom. The molecule has 7 atom stereocenters. The van der Waals surface area contributed by atoms with Gasteiger partial charge in [0.05, 0.1) is 42.4 Å². The molecule has 4 saturated heterocycles. The highest BCUT2D eigenvalue weighted by Crippen LogP contribution is 2.69. The van der Waals surface area contributed by atoms with Crippen LogP contribution in [0.3, 0.4) is 0 Å². The van der Waals surface area contributed by atoms with Crippen LogP contribution in [-0.4, -0.2) is 130 Å². The number of morpholine rings is 1. The van der Waals surface area contributed by atoms with Gasteiger partial charge in [0.2, 0.25) is 17.7 Å². The van der Waals surface area contributed by atoms with Crippen molar-refractivity contribution in [3.8, 4) is 0 Å². The van der Waals surface area contributed by atoms with E-state index in [-0.39, 0.29) is 41.4 Å². The molecule has 1 N–H and O–H groups in total. The standard InChI is InChI=1S/C32H52N4O5S/c1-7-10-34(11-8-2)29(38)26-25-20-23(6)32(42-25)27(26)30(39)36(24(21-37)19-22(4)5)28(32)31(40)35(12-9-3)14-13-33-15-17-41-18-16-33/h7,9,22-28,37H,1,3,8,10-21H2,2,4-6H3/t23?,24-,25+,26-,27+,28?,32?/m1/s1. The molecule has 4 fully saturated rings. The molecule has 10 heteroatoms. The molecule has 9 nitrogen and oxygen atoms in total. The monoisotopic (exact) mass is 604 g/mol. The molecule has 0 saturated carbocycles. The van der Waals surface area contributed by atoms with Gasteiger partial charge in [-0.1, -0.05) is 39.8 Å². The first-order valence-corrected chi connectivity index (χ1v) is 16.7. The number of ether oxygens (including phenoxy) is 1. The molecule has 4 aliphatic rings. The lowest BCUT2D eigenvalue weighted by Crippen LogP contribution is -2.60. The van der Waals surface area contributed by atoms with Crippen molar-refractivity contribution in [1.29, 1.82) is 0 Å². The van der Waals surface area contributed by atoms with Crippen LogP contribution in [0.2, 0.25) is 0 Å². The maximum absolute atomic E-state index is 14.8. The predicted octanol–water partition coefficient (Wildman–Crippen LogP) is 2.50. The van der Waals surface area contributed by atoms with Gasteiger partial charge >= 0.3 is 0 Å². The number of rotatable bonds is 15. The van der Waals surface area contributed by atoms with Crippen molar-refractivity contribution in [2.45, 2.75) is 69.0 Å². The van der Waals surface area contributed by atoms with Gasteiger partial charge in [-0.3, -0.25) is 19.3 Å². The van der Waals surface area contributed by atoms with Crippen molar-refractivity contribution in [1.82, 2.24) is 19.6 Å². The molecule has 2 bridgehead atoms. The molecule has 0 aromatic carbocycles. The summed E-state index contributed by atoms with van der Waals surface area (Å²) in [5.74, 6) is -1.01. The fraction of sp³-hybridized carbons (Fsp3) is 0.781. The van der Waals surface area contributed by atoms with E-state index < -0.39 is 28.7 Å². The summed E-state index contributed by atoms with van der Waals surface area (Å²) in [6.07, 6.45) is 5.69. The predicted molar refractivity (Wildman–Crippen MR) is 167 cm³/mol. The number of nitrogens with zero attached hydrogens (tertiary/aromatic N) is 4. The number of carbonyl (C=O) groups excluding carboxylic acids is 3. The number of thioether (sulfide) groups is 1. The van der Waals surface area contributed by atoms with Crippen LogP contribution >= 0.6 is 11.8 Å². The van der Waals surface area contributed by atoms with Crippen LogP contribution in [-0.2, 0) is 19.1 Å². The van der Waals surface area contributed by atoms with E-state index in [0.29, 0.717) is 45.8 Å². The van der Waals surface area contributed by atoms with E-state index in [9.17, 15) is 19.5 Å². The molecule has 4 heterocycles. The molecular weight excluding hydrogens is 552 g/mol. The first kappa shape index (κ1) is 33.0. The first-order valence-electron chi connectivity index (χ1n) is 15.9. The largest absolute Gasteiger partial charge is 0.394 e. The summed E-state index contributed by atoms with van der Waals surface area (Å²) in [6, 6.07) is -1.23. The SMILES string of the molecule is C=CCN(CCN1CCOCC1)C(=O)C1N([C@@H](CO)CC(C)C)C(=O)[C@@H]2[C@H](C(=O)N(CC=C)CCC)[C@@H]3CC(C)C12S3. The molecule has 42 heavy (non-hydrogen) atoms. The summed E-state index contributed by atoms with van der Waals surface area (Å²) in [4.78, 5) is 51.3. The van der Waals surface area contributed by atoms with E-state index in [1.54, 1.807) is 28.8 Å². The fourth-order valence-corrected chi connectivity index (χ4v) is 10.3. The summed E-state index contributed by atoms with van der Waals surface area (Å²) in [5.41, 5.74) is 0. The number of fused-ring (bicyclic) bond motifs is 1. The van der Waals surface area contributed by atoms with Crippen molar-refractivity contribution >= 4 is 29.5 Å². The summed E-state index contributed by atoms with van der Waals surface area (Å²) < 4.78 is 4.79. The Morgan fingerprint density at radius 2 is 1.79 bits per heavy atom. The second kappa shape index (κ2) is 14.3. The normalized spacial score (nSPS) is 31.3. The summed E-state index contributed by atoms with van der Waals surface area (Å²) >= 11 is 1.70. The zero-order chi connectivity index (χ0) is 30.6. The van der Waals surface area contributed by atoms with Crippen LogP contribution < -0.4 is 0 Å². The van der Waals surface area contributed by atoms with E-state index in [2.05, 4.69) is 38.8 Å². The number of hydrogen-bond donors (Lipinski definition) is 1. The maximum atomic E-state index is 14.8. The van der Waals surface area contributed by atoms with E-state index in [0.717, 1.165) is 32.5 Å². The van der Waals surface area contributed by atoms with Gasteiger partial charge in [-0.25, -0.2) is 0 Å². The van der Waals surface area contributed by atoms with Crippen LogP contribution in [0.15, 0.2) is 25.3 Å². The zero-order valence-electron chi connectivity index (χ0n) is 26.1. The Hall–Kier alpha value is -1.88. The van der Waals surface area contributed by atoms with Crippen molar-refractivity contribution in [2.24, 2.45) is 23.7 Å². The van der Waals surface area contributed by atoms with Crippen LogP contribution in [0.5, 0.6) is 0 Å². The highest BCUT2D eigenvalue weighted by Gasteiger charge is 2.77. The molecule has 4 rings (SSSR count). The van der Waals surface area contributed by atoms with Crippen LogP contribution in [0.25, 0.3) is 0 Å². The number of carbonyl (C=O) groups is 3. The van der Waals surface area contributed by atoms with E-state index in [1.165, 1.54) is 0 Å². The van der Waals surface area contributed by atoms with E-state index >= 15 is 0 Å². The van der Waals surface area contributed by atoms with E-state index in [1.807, 2.05) is 16.7 Å². The van der Waals surface area contributed by atoms with Crippen molar-refractivity contribution in [2.75, 3.05) is 65.6 Å². The first-order chi connectivity index (χ1) is 20.2. The number of likely N-dealkylation sites (tertiary alicyclic amines) is 1. The molecule has 4 aliphatic heterocycles. The Labute approximate surface area is 256 Å². The average molecular weight is 605 g/mol. The minimum Gasteiger partial charge on any atom is -0.394 e. The van der Waals surface area contributed by atoms with Crippen LogP contribution in [0, 0.1) is 23.7 Å². The average Bonchev–Trinajstić information content (AvgIpc) is 3.57. The Morgan fingerprint density at radius 1 is 1.14 bits per heavy atom. The topological polar surface area (TPSA) is 93.6 Å². The maximum Gasteiger partial charge on any atom is 0.247 e. The minimum absolute atomic E-state index is 0.00547. The molecule has 236 valence electrons. The van der Waals surface area contributed by atoms with Gasteiger partial charge in [-0.2, -0.15) is 0 Å². The van der Waals surface area contributed by atoms with Crippen LogP contribution in [0.1, 0.15) is 47.0 Å². The van der Waals surface area contributed by atoms with Crippen molar-refractivity contribution in [3.63, 3.8) is 0 Å². The summed E-state index contributed by atoms with van der Waals surface area (Å²) in [5, 5.41) is 10.6. The van der Waals surface area contributed by atoms with Crippen molar-refractivity contribution < 1.29 is 24.2 Å². The molecule has 3 amide bonds. The lowest BCUT2D eigenvalue weighted by atomic mass is 9.65. The third kappa shape index (κ3) is 6.06. The van der Waals surface area contributed by atoms with Gasteiger partial charge in [0, 0.05) is 51.1 Å². The third-order valence-electron chi connectivity index (χ3n) is 9.66. The highest BCUT2D eigenvalue weighted by atomic mass is 32.2. The quantitative estimate of drug-likeness (QED) is 0.287. The summed E-state index contributed by atoms with van der Waals surface area (Å²) in [7, 11) is 0. The zero-order valence-corrected chi connectivity index (χ0v) is 26.9. The molecule has 0 aromatic rings. The van der Waals surface area contributed by atoms with Gasteiger partial charge in [0.25, 0.3) is 0 Å². The molecular formula is C32H52N4O5S. The molecule has 0 radical (unpaired) electrons. The van der Waals surface area contributed by atoms with Crippen LogP contribution in [0.4, 0.5) is 0 Å². The molecule has 1 spiro atoms. The fourth-order valence-electron chi connectivity index (χ4n) is 7.87. The molecule has 0 aliphatic carbocycles. The van der Waals surface area contributed by atoms with Gasteiger partial charge in [0.1, 0.15) is 6.04 Å². The van der Waals surface area contributed by atoms with Crippen molar-refractivity contribution in [3.05, 3.63) is 25.3 Å². The second-order valence-electron chi connectivity index (χ2n) is 12.9. The molecule has 0 aromatic heterocycles. The van der Waals surface area contributed by atoms with Gasteiger partial charge < -0.3 is 24.5 Å². The second-order valence-corrected chi connectivity index (χ2v) is 14.4. The van der Waals surface area contributed by atoms with Gasteiger partial charge in [-0.05, 0) is 31.1 Å². The Bertz CT molecular complexity index is 1000. The van der Waals surface area contributed by atoms with E-state index in [4.69, 9.17) is 4.74 Å². The summed E-state index contributed by atoms with van der Waals surface area (Å²) in [6.45, 7) is 21.6. The van der Waals surface area contributed by atoms with Gasteiger partial charge in [0.15, 0.2) is 0 Å². The minimum atomic E-state index is -0.739. The lowest BCUT2D eigenvalue weighted by Gasteiger charge is -2.42. The third-order valence-corrected chi connectivity index (χ3v) is 11.7.